The Labute approximate surface area is 168 Å². The molecule has 144 valence electrons. The number of hydrogen-bond acceptors (Lipinski definition) is 5. The van der Waals surface area contributed by atoms with Crippen LogP contribution >= 0.6 is 11.6 Å². The lowest BCUT2D eigenvalue weighted by molar-refractivity contribution is 0.101. The van der Waals surface area contributed by atoms with Crippen LogP contribution in [0, 0.1) is 6.92 Å². The second-order valence-electron chi connectivity index (χ2n) is 6.13. The number of ether oxygens (including phenoxy) is 1. The standard InChI is InChI=1S/C20H17ClN2O4S/c1-13-3-6-18(7-4-13)28(25,26)23-16-5-8-20(19(10-16)14(2)24)27-17-9-15(21)11-22-12-17/h3-12,23H,1-2H3. The summed E-state index contributed by atoms with van der Waals surface area (Å²) in [4.78, 5) is 16.1. The number of sulfonamides is 1. The van der Waals surface area contributed by atoms with Gasteiger partial charge in [-0.05, 0) is 44.2 Å². The number of pyridine rings is 1. The van der Waals surface area contributed by atoms with E-state index in [1.807, 2.05) is 6.92 Å². The molecule has 0 fully saturated rings. The van der Waals surface area contributed by atoms with E-state index in [2.05, 4.69) is 9.71 Å². The average Bonchev–Trinajstić information content (AvgIpc) is 2.63. The zero-order valence-electron chi connectivity index (χ0n) is 15.1. The Morgan fingerprint density at radius 3 is 2.43 bits per heavy atom. The van der Waals surface area contributed by atoms with Gasteiger partial charge in [0, 0.05) is 18.0 Å². The van der Waals surface area contributed by atoms with E-state index in [4.69, 9.17) is 16.3 Å². The van der Waals surface area contributed by atoms with E-state index in [1.165, 1.54) is 49.6 Å². The topological polar surface area (TPSA) is 85.4 Å². The summed E-state index contributed by atoms with van der Waals surface area (Å²) in [5, 5.41) is 0.393. The predicted molar refractivity (Wildman–Crippen MR) is 108 cm³/mol. The van der Waals surface area contributed by atoms with Crippen molar-refractivity contribution in [1.29, 1.82) is 0 Å². The first-order valence-corrected chi connectivity index (χ1v) is 10.1. The van der Waals surface area contributed by atoms with Gasteiger partial charge in [-0.25, -0.2) is 8.42 Å². The van der Waals surface area contributed by atoms with Crippen molar-refractivity contribution in [2.45, 2.75) is 18.7 Å². The van der Waals surface area contributed by atoms with Crippen LogP contribution in [-0.2, 0) is 10.0 Å². The van der Waals surface area contributed by atoms with Gasteiger partial charge in [0.15, 0.2) is 5.78 Å². The minimum atomic E-state index is -3.78. The monoisotopic (exact) mass is 416 g/mol. The molecule has 0 bridgehead atoms. The lowest BCUT2D eigenvalue weighted by Crippen LogP contribution is -2.13. The van der Waals surface area contributed by atoms with Crippen LogP contribution in [-0.4, -0.2) is 19.2 Å². The number of aryl methyl sites for hydroxylation is 1. The fraction of sp³-hybridized carbons (Fsp3) is 0.100. The molecule has 28 heavy (non-hydrogen) atoms. The van der Waals surface area contributed by atoms with Crippen molar-refractivity contribution in [3.8, 4) is 11.5 Å². The van der Waals surface area contributed by atoms with Crippen LogP contribution in [0.1, 0.15) is 22.8 Å². The Kier molecular flexibility index (Phi) is 5.67. The van der Waals surface area contributed by atoms with Crippen LogP contribution < -0.4 is 9.46 Å². The van der Waals surface area contributed by atoms with Gasteiger partial charge >= 0.3 is 0 Å². The van der Waals surface area contributed by atoms with Gasteiger partial charge in [-0.2, -0.15) is 0 Å². The number of anilines is 1. The third kappa shape index (κ3) is 4.68. The number of benzene rings is 2. The maximum atomic E-state index is 12.6. The molecule has 6 nitrogen and oxygen atoms in total. The summed E-state index contributed by atoms with van der Waals surface area (Å²) >= 11 is 5.89. The molecule has 1 heterocycles. The lowest BCUT2D eigenvalue weighted by atomic mass is 10.1. The van der Waals surface area contributed by atoms with Crippen molar-refractivity contribution >= 4 is 33.1 Å². The molecule has 0 unspecified atom stereocenters. The van der Waals surface area contributed by atoms with Crippen molar-refractivity contribution in [2.75, 3.05) is 4.72 Å². The summed E-state index contributed by atoms with van der Waals surface area (Å²) in [5.41, 5.74) is 1.43. The summed E-state index contributed by atoms with van der Waals surface area (Å²) < 4.78 is 33.3. The van der Waals surface area contributed by atoms with Gasteiger partial charge in [0.1, 0.15) is 11.5 Å². The first kappa shape index (κ1) is 19.9. The van der Waals surface area contributed by atoms with E-state index in [0.29, 0.717) is 10.8 Å². The van der Waals surface area contributed by atoms with Crippen molar-refractivity contribution in [1.82, 2.24) is 4.98 Å². The summed E-state index contributed by atoms with van der Waals surface area (Å²) in [6.07, 6.45) is 2.92. The van der Waals surface area contributed by atoms with E-state index in [9.17, 15) is 13.2 Å². The quantitative estimate of drug-likeness (QED) is 0.581. The number of Topliss-reactive ketones (excluding diaryl/α,β-unsaturated/α-hetero) is 1. The van der Waals surface area contributed by atoms with Crippen LogP contribution in [0.3, 0.4) is 0 Å². The smallest absolute Gasteiger partial charge is 0.261 e. The average molecular weight is 417 g/mol. The van der Waals surface area contributed by atoms with Crippen molar-refractivity contribution in [2.24, 2.45) is 0 Å². The Bertz CT molecular complexity index is 1130. The Morgan fingerprint density at radius 2 is 1.79 bits per heavy atom. The highest BCUT2D eigenvalue weighted by atomic mass is 35.5. The van der Waals surface area contributed by atoms with Gasteiger partial charge in [-0.15, -0.1) is 0 Å². The van der Waals surface area contributed by atoms with Crippen LogP contribution in [0.4, 0.5) is 5.69 Å². The zero-order valence-corrected chi connectivity index (χ0v) is 16.7. The van der Waals surface area contributed by atoms with Gasteiger partial charge in [0.25, 0.3) is 10.0 Å². The highest BCUT2D eigenvalue weighted by molar-refractivity contribution is 7.92. The highest BCUT2D eigenvalue weighted by Crippen LogP contribution is 2.30. The normalized spacial score (nSPS) is 11.1. The largest absolute Gasteiger partial charge is 0.455 e. The summed E-state index contributed by atoms with van der Waals surface area (Å²) in [5.74, 6) is 0.360. The first-order chi connectivity index (χ1) is 13.2. The third-order valence-electron chi connectivity index (χ3n) is 3.85. The maximum Gasteiger partial charge on any atom is 0.261 e. The Hall–Kier alpha value is -2.90. The van der Waals surface area contributed by atoms with Crippen LogP contribution in [0.5, 0.6) is 11.5 Å². The molecule has 0 aliphatic carbocycles. The highest BCUT2D eigenvalue weighted by Gasteiger charge is 2.17. The molecule has 1 N–H and O–H groups in total. The fourth-order valence-electron chi connectivity index (χ4n) is 2.46. The molecule has 0 saturated heterocycles. The molecular weight excluding hydrogens is 400 g/mol. The van der Waals surface area contributed by atoms with Crippen molar-refractivity contribution in [3.63, 3.8) is 0 Å². The molecule has 0 aliphatic rings. The number of halogens is 1. The molecule has 3 aromatic rings. The fourth-order valence-corrected chi connectivity index (χ4v) is 3.68. The third-order valence-corrected chi connectivity index (χ3v) is 5.45. The Balaban J connectivity index is 1.90. The number of carbonyl (C=O) groups excluding carboxylic acids is 1. The molecule has 0 radical (unpaired) electrons. The van der Waals surface area contributed by atoms with Crippen LogP contribution in [0.2, 0.25) is 5.02 Å². The molecule has 0 amide bonds. The predicted octanol–water partition coefficient (Wildman–Crippen LogP) is 4.84. The molecule has 2 aromatic carbocycles. The number of carbonyl (C=O) groups is 1. The molecule has 0 aliphatic heterocycles. The molecule has 0 atom stereocenters. The van der Waals surface area contributed by atoms with E-state index < -0.39 is 10.0 Å². The SMILES string of the molecule is CC(=O)c1cc(NS(=O)(=O)c2ccc(C)cc2)ccc1Oc1cncc(Cl)c1. The van der Waals surface area contributed by atoms with Crippen molar-refractivity contribution < 1.29 is 17.9 Å². The molecule has 3 rings (SSSR count). The van der Waals surface area contributed by atoms with E-state index >= 15 is 0 Å². The minimum absolute atomic E-state index is 0.132. The van der Waals surface area contributed by atoms with Gasteiger partial charge in [-0.3, -0.25) is 14.5 Å². The van der Waals surface area contributed by atoms with Gasteiger partial charge < -0.3 is 4.74 Å². The number of rotatable bonds is 6. The van der Waals surface area contributed by atoms with Gasteiger partial charge in [0.05, 0.1) is 21.7 Å². The number of nitrogens with one attached hydrogen (secondary N) is 1. The Morgan fingerprint density at radius 1 is 1.07 bits per heavy atom. The summed E-state index contributed by atoms with van der Waals surface area (Å²) in [7, 11) is -3.78. The maximum absolute atomic E-state index is 12.6. The number of hydrogen-bond donors (Lipinski definition) is 1. The zero-order chi connectivity index (χ0) is 20.3. The number of aromatic nitrogens is 1. The summed E-state index contributed by atoms with van der Waals surface area (Å²) in [6, 6.07) is 12.5. The number of ketones is 1. The second kappa shape index (κ2) is 8.00. The molecule has 0 spiro atoms. The van der Waals surface area contributed by atoms with Gasteiger partial charge in [-0.1, -0.05) is 29.3 Å². The second-order valence-corrected chi connectivity index (χ2v) is 8.25. The minimum Gasteiger partial charge on any atom is -0.455 e. The molecular formula is C20H17ClN2O4S. The first-order valence-electron chi connectivity index (χ1n) is 8.27. The molecule has 8 heteroatoms. The van der Waals surface area contributed by atoms with E-state index in [0.717, 1.165) is 5.56 Å². The van der Waals surface area contributed by atoms with Crippen LogP contribution in [0.15, 0.2) is 65.8 Å². The summed E-state index contributed by atoms with van der Waals surface area (Å²) in [6.45, 7) is 3.24. The van der Waals surface area contributed by atoms with E-state index in [-0.39, 0.29) is 27.7 Å². The number of nitrogens with zero attached hydrogens (tertiary/aromatic N) is 1. The van der Waals surface area contributed by atoms with Crippen molar-refractivity contribution in [3.05, 3.63) is 77.1 Å². The lowest BCUT2D eigenvalue weighted by Gasteiger charge is -2.13. The molecule has 0 saturated carbocycles. The van der Waals surface area contributed by atoms with E-state index in [1.54, 1.807) is 18.2 Å². The molecule has 1 aromatic heterocycles. The van der Waals surface area contributed by atoms with Gasteiger partial charge in [0.2, 0.25) is 0 Å². The van der Waals surface area contributed by atoms with Crippen LogP contribution in [0.25, 0.3) is 0 Å².